The molecule has 0 aliphatic carbocycles. The zero-order valence-corrected chi connectivity index (χ0v) is 14.2. The summed E-state index contributed by atoms with van der Waals surface area (Å²) in [6.07, 6.45) is 4.96. The number of anilines is 1. The fraction of sp³-hybridized carbons (Fsp3) is 0.500. The van der Waals surface area contributed by atoms with Gasteiger partial charge in [-0.2, -0.15) is 0 Å². The summed E-state index contributed by atoms with van der Waals surface area (Å²) in [5, 5.41) is 0. The van der Waals surface area contributed by atoms with E-state index >= 15 is 0 Å². The Hall–Kier alpha value is -1.20. The van der Waals surface area contributed by atoms with Gasteiger partial charge in [-0.3, -0.25) is 14.9 Å². The molecule has 0 radical (unpaired) electrons. The number of halogens is 1. The van der Waals surface area contributed by atoms with E-state index in [0.717, 1.165) is 41.7 Å². The van der Waals surface area contributed by atoms with E-state index in [0.29, 0.717) is 6.04 Å². The number of hydrogen-bond donors (Lipinski definition) is 0. The van der Waals surface area contributed by atoms with Crippen LogP contribution in [-0.4, -0.2) is 47.1 Å². The molecule has 0 bridgehead atoms. The minimum Gasteiger partial charge on any atom is -0.368 e. The van der Waals surface area contributed by atoms with Gasteiger partial charge in [-0.15, -0.1) is 0 Å². The minimum absolute atomic E-state index is 0.652. The molecular weight excluding hydrogens is 328 g/mol. The van der Waals surface area contributed by atoms with Crippen molar-refractivity contribution in [2.75, 3.05) is 31.1 Å². The van der Waals surface area contributed by atoms with Gasteiger partial charge < -0.3 is 4.90 Å². The molecule has 0 amide bonds. The number of aromatic nitrogens is 2. The van der Waals surface area contributed by atoms with Crippen LogP contribution in [0.25, 0.3) is 11.0 Å². The molecule has 1 saturated heterocycles. The maximum atomic E-state index is 4.57. The molecule has 112 valence electrons. The largest absolute Gasteiger partial charge is 0.368 e. The van der Waals surface area contributed by atoms with Crippen molar-refractivity contribution in [3.63, 3.8) is 0 Å². The molecule has 5 heteroatoms. The molecule has 2 aromatic rings. The standard InChI is InChI=1S/C16H21BrN4/c1-3-20(4-2)13-6-8-21(11-13)15-5-7-18-14-9-12(17)10-19-16(14)15/h5,7,9-10,13H,3-4,6,8,11H2,1-2H3. The zero-order chi connectivity index (χ0) is 14.8. The topological polar surface area (TPSA) is 32.3 Å². The predicted molar refractivity (Wildman–Crippen MR) is 90.8 cm³/mol. The summed E-state index contributed by atoms with van der Waals surface area (Å²) < 4.78 is 0.974. The Labute approximate surface area is 134 Å². The number of likely N-dealkylation sites (N-methyl/N-ethyl adjacent to an activating group) is 1. The van der Waals surface area contributed by atoms with Crippen LogP contribution in [0.4, 0.5) is 5.69 Å². The summed E-state index contributed by atoms with van der Waals surface area (Å²) in [4.78, 5) is 14.0. The molecule has 1 unspecified atom stereocenters. The molecule has 1 fully saturated rings. The molecule has 3 rings (SSSR count). The summed E-state index contributed by atoms with van der Waals surface area (Å²) in [6, 6.07) is 4.77. The van der Waals surface area contributed by atoms with Crippen molar-refractivity contribution in [3.8, 4) is 0 Å². The van der Waals surface area contributed by atoms with Crippen LogP contribution in [0, 0.1) is 0 Å². The smallest absolute Gasteiger partial charge is 0.112 e. The van der Waals surface area contributed by atoms with Crippen molar-refractivity contribution in [2.24, 2.45) is 0 Å². The fourth-order valence-electron chi connectivity index (χ4n) is 3.25. The van der Waals surface area contributed by atoms with Crippen LogP contribution in [0.3, 0.4) is 0 Å². The second-order valence-electron chi connectivity index (χ2n) is 5.46. The summed E-state index contributed by atoms with van der Waals surface area (Å²) >= 11 is 3.47. The van der Waals surface area contributed by atoms with Gasteiger partial charge in [0.1, 0.15) is 5.52 Å². The first kappa shape index (κ1) is 14.7. The third kappa shape index (κ3) is 2.90. The monoisotopic (exact) mass is 348 g/mol. The third-order valence-electron chi connectivity index (χ3n) is 4.36. The van der Waals surface area contributed by atoms with E-state index in [-0.39, 0.29) is 0 Å². The van der Waals surface area contributed by atoms with Crippen molar-refractivity contribution in [2.45, 2.75) is 26.3 Å². The van der Waals surface area contributed by atoms with Gasteiger partial charge in [0.25, 0.3) is 0 Å². The lowest BCUT2D eigenvalue weighted by atomic mass is 10.2. The first-order valence-electron chi connectivity index (χ1n) is 7.62. The Morgan fingerprint density at radius 1 is 1.33 bits per heavy atom. The molecule has 0 N–H and O–H groups in total. The number of rotatable bonds is 4. The molecule has 21 heavy (non-hydrogen) atoms. The Morgan fingerprint density at radius 3 is 2.90 bits per heavy atom. The highest BCUT2D eigenvalue weighted by atomic mass is 79.9. The Bertz CT molecular complexity index is 627. The quantitative estimate of drug-likeness (QED) is 0.848. The first-order valence-corrected chi connectivity index (χ1v) is 8.41. The van der Waals surface area contributed by atoms with E-state index < -0.39 is 0 Å². The van der Waals surface area contributed by atoms with Crippen molar-refractivity contribution in [1.82, 2.24) is 14.9 Å². The molecule has 4 nitrogen and oxygen atoms in total. The normalized spacial score (nSPS) is 18.9. The Morgan fingerprint density at radius 2 is 2.14 bits per heavy atom. The number of pyridine rings is 2. The molecule has 3 heterocycles. The van der Waals surface area contributed by atoms with Crippen LogP contribution in [0.15, 0.2) is 29.0 Å². The fourth-order valence-corrected chi connectivity index (χ4v) is 3.56. The lowest BCUT2D eigenvalue weighted by Gasteiger charge is -2.26. The molecule has 0 aromatic carbocycles. The molecule has 0 saturated carbocycles. The van der Waals surface area contributed by atoms with E-state index in [4.69, 9.17) is 0 Å². The van der Waals surface area contributed by atoms with Gasteiger partial charge in [0.2, 0.25) is 0 Å². The van der Waals surface area contributed by atoms with Crippen molar-refractivity contribution < 1.29 is 0 Å². The van der Waals surface area contributed by atoms with Crippen LogP contribution < -0.4 is 4.90 Å². The highest BCUT2D eigenvalue weighted by Crippen LogP contribution is 2.29. The van der Waals surface area contributed by atoms with Crippen LogP contribution >= 0.6 is 15.9 Å². The lowest BCUT2D eigenvalue weighted by molar-refractivity contribution is 0.232. The number of fused-ring (bicyclic) bond motifs is 1. The predicted octanol–water partition coefficient (Wildman–Crippen LogP) is 3.31. The highest BCUT2D eigenvalue weighted by molar-refractivity contribution is 9.10. The van der Waals surface area contributed by atoms with Crippen molar-refractivity contribution in [1.29, 1.82) is 0 Å². The molecular formula is C16H21BrN4. The van der Waals surface area contributed by atoms with E-state index in [1.807, 2.05) is 18.5 Å². The average molecular weight is 349 g/mol. The molecule has 2 aromatic heterocycles. The summed E-state index contributed by atoms with van der Waals surface area (Å²) in [7, 11) is 0. The average Bonchev–Trinajstić information content (AvgIpc) is 2.97. The first-order chi connectivity index (χ1) is 10.2. The second-order valence-corrected chi connectivity index (χ2v) is 6.38. The number of nitrogens with zero attached hydrogens (tertiary/aromatic N) is 4. The van der Waals surface area contributed by atoms with Gasteiger partial charge in [-0.05, 0) is 47.6 Å². The van der Waals surface area contributed by atoms with Crippen LogP contribution in [0.5, 0.6) is 0 Å². The summed E-state index contributed by atoms with van der Waals surface area (Å²) in [5.74, 6) is 0. The summed E-state index contributed by atoms with van der Waals surface area (Å²) in [5.41, 5.74) is 3.16. The molecule has 1 aliphatic rings. The zero-order valence-electron chi connectivity index (χ0n) is 12.6. The molecule has 0 spiro atoms. The molecule has 1 atom stereocenters. The highest BCUT2D eigenvalue weighted by Gasteiger charge is 2.27. The van der Waals surface area contributed by atoms with Crippen molar-refractivity contribution >= 4 is 32.7 Å². The van der Waals surface area contributed by atoms with Gasteiger partial charge in [0, 0.05) is 36.0 Å². The SMILES string of the molecule is CCN(CC)C1CCN(c2ccnc3cc(Br)cnc23)C1. The van der Waals surface area contributed by atoms with Crippen LogP contribution in [0.1, 0.15) is 20.3 Å². The van der Waals surface area contributed by atoms with Crippen molar-refractivity contribution in [3.05, 3.63) is 29.0 Å². The van der Waals surface area contributed by atoms with E-state index in [9.17, 15) is 0 Å². The van der Waals surface area contributed by atoms with E-state index in [2.05, 4.69) is 55.6 Å². The maximum absolute atomic E-state index is 4.57. The van der Waals surface area contributed by atoms with Gasteiger partial charge in [0.15, 0.2) is 0 Å². The van der Waals surface area contributed by atoms with E-state index in [1.54, 1.807) is 0 Å². The van der Waals surface area contributed by atoms with Crippen LogP contribution in [-0.2, 0) is 0 Å². The third-order valence-corrected chi connectivity index (χ3v) is 4.79. The lowest BCUT2D eigenvalue weighted by Crippen LogP contribution is -2.37. The molecule has 1 aliphatic heterocycles. The number of hydrogen-bond acceptors (Lipinski definition) is 4. The van der Waals surface area contributed by atoms with Gasteiger partial charge >= 0.3 is 0 Å². The Balaban J connectivity index is 1.88. The van der Waals surface area contributed by atoms with Gasteiger partial charge in [-0.1, -0.05) is 13.8 Å². The summed E-state index contributed by atoms with van der Waals surface area (Å²) in [6.45, 7) is 8.91. The van der Waals surface area contributed by atoms with Gasteiger partial charge in [0.05, 0.1) is 11.2 Å². The second kappa shape index (κ2) is 6.28. The van der Waals surface area contributed by atoms with Crippen LogP contribution in [0.2, 0.25) is 0 Å². The van der Waals surface area contributed by atoms with Gasteiger partial charge in [-0.25, -0.2) is 0 Å². The van der Waals surface area contributed by atoms with E-state index in [1.165, 1.54) is 12.1 Å². The minimum atomic E-state index is 0.652. The maximum Gasteiger partial charge on any atom is 0.112 e. The Kier molecular flexibility index (Phi) is 4.40.